The van der Waals surface area contributed by atoms with Crippen molar-refractivity contribution >= 4 is 62.7 Å². The van der Waals surface area contributed by atoms with Crippen LogP contribution in [-0.2, 0) is 9.59 Å². The van der Waals surface area contributed by atoms with Gasteiger partial charge in [0.15, 0.2) is 11.0 Å². The van der Waals surface area contributed by atoms with Crippen LogP contribution < -0.4 is 10.2 Å². The van der Waals surface area contributed by atoms with Crippen LogP contribution in [0.1, 0.15) is 5.56 Å². The van der Waals surface area contributed by atoms with Gasteiger partial charge in [-0.25, -0.2) is 0 Å². The number of nitrogens with zero attached hydrogens (tertiary/aromatic N) is 2. The zero-order valence-electron chi connectivity index (χ0n) is 13.3. The minimum atomic E-state index is -1.03. The quantitative estimate of drug-likeness (QED) is 0.473. The van der Waals surface area contributed by atoms with Crippen molar-refractivity contribution in [1.29, 1.82) is 0 Å². The summed E-state index contributed by atoms with van der Waals surface area (Å²) >= 11 is 8.51. The molecule has 126 valence electrons. The van der Waals surface area contributed by atoms with Crippen LogP contribution in [0.3, 0.4) is 0 Å². The number of rotatable bonds is 3. The standard InChI is InChI=1S/C18H14BrN3O2S/c1-11-2-8-14(9-3-11)22-17(24)15(16(23)21-18(22)25)10-20-13-6-4-12(19)5-7-13/h2-10,15H,1H3,(H,21,23,25)/t15-/m1/s1. The number of halogens is 1. The highest BCUT2D eigenvalue weighted by atomic mass is 79.9. The van der Waals surface area contributed by atoms with E-state index in [1.807, 2.05) is 31.2 Å². The van der Waals surface area contributed by atoms with Gasteiger partial charge in [-0.1, -0.05) is 33.6 Å². The van der Waals surface area contributed by atoms with Crippen molar-refractivity contribution in [3.8, 4) is 0 Å². The maximum absolute atomic E-state index is 12.8. The molecule has 7 heteroatoms. The summed E-state index contributed by atoms with van der Waals surface area (Å²) in [6, 6.07) is 14.6. The highest BCUT2D eigenvalue weighted by molar-refractivity contribution is 9.10. The molecule has 1 aliphatic heterocycles. The maximum atomic E-state index is 12.8. The van der Waals surface area contributed by atoms with Gasteiger partial charge in [0.05, 0.1) is 11.4 Å². The van der Waals surface area contributed by atoms with Crippen molar-refractivity contribution in [3.63, 3.8) is 0 Å². The number of thiocarbonyl (C=S) groups is 1. The van der Waals surface area contributed by atoms with Gasteiger partial charge >= 0.3 is 0 Å². The highest BCUT2D eigenvalue weighted by Crippen LogP contribution is 2.22. The second-order valence-corrected chi connectivity index (χ2v) is 6.84. The number of nitrogens with one attached hydrogen (secondary N) is 1. The van der Waals surface area contributed by atoms with E-state index in [9.17, 15) is 9.59 Å². The zero-order valence-corrected chi connectivity index (χ0v) is 15.7. The van der Waals surface area contributed by atoms with Gasteiger partial charge in [0, 0.05) is 10.7 Å². The highest BCUT2D eigenvalue weighted by Gasteiger charge is 2.38. The molecule has 2 aromatic carbocycles. The first-order valence-electron chi connectivity index (χ1n) is 7.51. The first-order chi connectivity index (χ1) is 12.0. The molecule has 1 fully saturated rings. The van der Waals surface area contributed by atoms with Crippen LogP contribution in [0.2, 0.25) is 0 Å². The topological polar surface area (TPSA) is 61.8 Å². The third kappa shape index (κ3) is 3.83. The molecular formula is C18H14BrN3O2S. The van der Waals surface area contributed by atoms with Gasteiger partial charge in [0.2, 0.25) is 5.91 Å². The Morgan fingerprint density at radius 2 is 1.76 bits per heavy atom. The van der Waals surface area contributed by atoms with Gasteiger partial charge in [-0.2, -0.15) is 0 Å². The van der Waals surface area contributed by atoms with E-state index in [0.29, 0.717) is 11.4 Å². The van der Waals surface area contributed by atoms with Crippen molar-refractivity contribution in [2.75, 3.05) is 4.90 Å². The Hall–Kier alpha value is -2.38. The van der Waals surface area contributed by atoms with Crippen molar-refractivity contribution in [3.05, 3.63) is 58.6 Å². The molecule has 0 saturated carbocycles. The number of hydrogen-bond donors (Lipinski definition) is 1. The monoisotopic (exact) mass is 415 g/mol. The number of aryl methyl sites for hydroxylation is 1. The second-order valence-electron chi connectivity index (χ2n) is 5.54. The molecule has 5 nitrogen and oxygen atoms in total. The molecule has 25 heavy (non-hydrogen) atoms. The smallest absolute Gasteiger partial charge is 0.251 e. The Morgan fingerprint density at radius 1 is 1.12 bits per heavy atom. The molecule has 0 spiro atoms. The van der Waals surface area contributed by atoms with Crippen molar-refractivity contribution in [2.45, 2.75) is 6.92 Å². The molecule has 1 heterocycles. The maximum Gasteiger partial charge on any atom is 0.251 e. The Kier molecular flexibility index (Phi) is 5.06. The summed E-state index contributed by atoms with van der Waals surface area (Å²) in [5, 5.41) is 2.64. The summed E-state index contributed by atoms with van der Waals surface area (Å²) in [5.74, 6) is -1.92. The lowest BCUT2D eigenvalue weighted by molar-refractivity contribution is -0.130. The molecule has 1 aliphatic rings. The molecule has 0 aromatic heterocycles. The molecule has 1 atom stereocenters. The Morgan fingerprint density at radius 3 is 2.40 bits per heavy atom. The van der Waals surface area contributed by atoms with E-state index in [4.69, 9.17) is 12.2 Å². The molecule has 3 rings (SSSR count). The first kappa shape index (κ1) is 17.4. The van der Waals surface area contributed by atoms with E-state index in [-0.39, 0.29) is 5.11 Å². The minimum absolute atomic E-state index is 0.0761. The predicted molar refractivity (Wildman–Crippen MR) is 105 cm³/mol. The molecule has 1 N–H and O–H groups in total. The summed E-state index contributed by atoms with van der Waals surface area (Å²) in [7, 11) is 0. The predicted octanol–water partition coefficient (Wildman–Crippen LogP) is 3.52. The Bertz CT molecular complexity index is 863. The lowest BCUT2D eigenvalue weighted by Crippen LogP contribution is -2.58. The fourth-order valence-electron chi connectivity index (χ4n) is 2.35. The van der Waals surface area contributed by atoms with E-state index >= 15 is 0 Å². The number of aliphatic imine (C=N–C) groups is 1. The van der Waals surface area contributed by atoms with Gasteiger partial charge < -0.3 is 5.32 Å². The number of benzene rings is 2. The lowest BCUT2D eigenvalue weighted by Gasteiger charge is -2.30. The van der Waals surface area contributed by atoms with Crippen LogP contribution in [0.15, 0.2) is 58.0 Å². The lowest BCUT2D eigenvalue weighted by atomic mass is 10.1. The van der Waals surface area contributed by atoms with Crippen LogP contribution in [0.25, 0.3) is 0 Å². The molecule has 0 unspecified atom stereocenters. The molecule has 0 aliphatic carbocycles. The van der Waals surface area contributed by atoms with Crippen LogP contribution in [-0.4, -0.2) is 23.1 Å². The molecule has 1 saturated heterocycles. The van der Waals surface area contributed by atoms with E-state index in [0.717, 1.165) is 10.0 Å². The Labute approximate surface area is 158 Å². The van der Waals surface area contributed by atoms with Gasteiger partial charge in [0.25, 0.3) is 5.91 Å². The zero-order chi connectivity index (χ0) is 18.0. The van der Waals surface area contributed by atoms with E-state index in [1.165, 1.54) is 11.1 Å². The fraction of sp³-hybridized carbons (Fsp3) is 0.111. The summed E-state index contributed by atoms with van der Waals surface area (Å²) in [5.41, 5.74) is 2.33. The molecule has 0 bridgehead atoms. The number of amides is 2. The molecule has 2 amide bonds. The van der Waals surface area contributed by atoms with Gasteiger partial charge in [-0.05, 0) is 55.5 Å². The van der Waals surface area contributed by atoms with Crippen LogP contribution in [0.5, 0.6) is 0 Å². The number of hydrogen-bond acceptors (Lipinski definition) is 4. The SMILES string of the molecule is Cc1ccc(N2C(=O)[C@H](C=Nc3ccc(Br)cc3)C(=O)NC2=S)cc1. The van der Waals surface area contributed by atoms with Gasteiger partial charge in [0.1, 0.15) is 0 Å². The third-order valence-electron chi connectivity index (χ3n) is 3.69. The Balaban J connectivity index is 1.87. The molecule has 0 radical (unpaired) electrons. The van der Waals surface area contributed by atoms with E-state index in [1.54, 1.807) is 24.3 Å². The number of anilines is 1. The summed E-state index contributed by atoms with van der Waals surface area (Å²) < 4.78 is 0.925. The van der Waals surface area contributed by atoms with E-state index < -0.39 is 17.7 Å². The molecular weight excluding hydrogens is 402 g/mol. The number of carbonyl (C=O) groups is 2. The van der Waals surface area contributed by atoms with Crippen LogP contribution in [0.4, 0.5) is 11.4 Å². The minimum Gasteiger partial charge on any atom is -0.301 e. The summed E-state index contributed by atoms with van der Waals surface area (Å²) in [6.07, 6.45) is 1.35. The average molecular weight is 416 g/mol. The normalized spacial score (nSPS) is 17.9. The third-order valence-corrected chi connectivity index (χ3v) is 4.51. The van der Waals surface area contributed by atoms with Gasteiger partial charge in [-0.3, -0.25) is 19.5 Å². The van der Waals surface area contributed by atoms with Gasteiger partial charge in [-0.15, -0.1) is 0 Å². The fourth-order valence-corrected chi connectivity index (χ4v) is 2.91. The largest absolute Gasteiger partial charge is 0.301 e. The first-order valence-corrected chi connectivity index (χ1v) is 8.71. The summed E-state index contributed by atoms with van der Waals surface area (Å²) in [4.78, 5) is 30.5. The van der Waals surface area contributed by atoms with E-state index in [2.05, 4.69) is 26.2 Å². The van der Waals surface area contributed by atoms with Crippen molar-refractivity contribution in [1.82, 2.24) is 5.32 Å². The second kappa shape index (κ2) is 7.25. The molecule has 2 aromatic rings. The van der Waals surface area contributed by atoms with Crippen LogP contribution >= 0.6 is 28.1 Å². The average Bonchev–Trinajstić information content (AvgIpc) is 2.57. The summed E-state index contributed by atoms with van der Waals surface area (Å²) in [6.45, 7) is 1.95. The number of carbonyl (C=O) groups excluding carboxylic acids is 2. The van der Waals surface area contributed by atoms with Crippen LogP contribution in [0, 0.1) is 12.8 Å². The van der Waals surface area contributed by atoms with Crippen molar-refractivity contribution < 1.29 is 9.59 Å². The van der Waals surface area contributed by atoms with Crippen molar-refractivity contribution in [2.24, 2.45) is 10.9 Å².